The molecule has 2 aromatic heterocycles. The summed E-state index contributed by atoms with van der Waals surface area (Å²) in [6, 6.07) is 3.93. The van der Waals surface area contributed by atoms with Crippen molar-refractivity contribution in [2.75, 3.05) is 11.1 Å². The van der Waals surface area contributed by atoms with Crippen LogP contribution in [0.15, 0.2) is 18.3 Å². The number of pyridine rings is 1. The molecule has 2 heterocycles. The third kappa shape index (κ3) is 2.91. The van der Waals surface area contributed by atoms with Gasteiger partial charge in [-0.25, -0.2) is 0 Å². The van der Waals surface area contributed by atoms with Crippen molar-refractivity contribution < 1.29 is 0 Å². The molecule has 0 atom stereocenters. The Morgan fingerprint density at radius 3 is 2.83 bits per heavy atom. The SMILES string of the molecule is CCc1nc(N)nc(NCc2ncccc2C)n1. The molecule has 2 rings (SSSR count). The maximum Gasteiger partial charge on any atom is 0.228 e. The number of nitrogen functional groups attached to an aromatic ring is 1. The lowest BCUT2D eigenvalue weighted by Crippen LogP contribution is -2.10. The molecule has 0 spiro atoms. The van der Waals surface area contributed by atoms with Crippen LogP contribution in [0.1, 0.15) is 24.0 Å². The molecule has 18 heavy (non-hydrogen) atoms. The van der Waals surface area contributed by atoms with Crippen LogP contribution in [0.25, 0.3) is 0 Å². The molecule has 0 unspecified atom stereocenters. The highest BCUT2D eigenvalue weighted by Crippen LogP contribution is 2.07. The van der Waals surface area contributed by atoms with Gasteiger partial charge in [0.05, 0.1) is 12.2 Å². The fourth-order valence-corrected chi connectivity index (χ4v) is 1.54. The summed E-state index contributed by atoms with van der Waals surface area (Å²) in [5.41, 5.74) is 7.71. The van der Waals surface area contributed by atoms with E-state index in [2.05, 4.69) is 25.3 Å². The Labute approximate surface area is 106 Å². The van der Waals surface area contributed by atoms with Crippen LogP contribution in [-0.4, -0.2) is 19.9 Å². The van der Waals surface area contributed by atoms with Crippen molar-refractivity contribution >= 4 is 11.9 Å². The first-order valence-electron chi connectivity index (χ1n) is 5.84. The van der Waals surface area contributed by atoms with Crippen molar-refractivity contribution in [3.63, 3.8) is 0 Å². The molecule has 6 heteroatoms. The van der Waals surface area contributed by atoms with Gasteiger partial charge in [-0.2, -0.15) is 15.0 Å². The van der Waals surface area contributed by atoms with Crippen LogP contribution in [-0.2, 0) is 13.0 Å². The quantitative estimate of drug-likeness (QED) is 0.843. The minimum Gasteiger partial charge on any atom is -0.368 e. The number of aryl methyl sites for hydroxylation is 2. The normalized spacial score (nSPS) is 10.3. The van der Waals surface area contributed by atoms with E-state index in [0.717, 1.165) is 17.7 Å². The number of nitrogens with two attached hydrogens (primary N) is 1. The van der Waals surface area contributed by atoms with Gasteiger partial charge in [-0.3, -0.25) is 4.98 Å². The number of hydrogen-bond donors (Lipinski definition) is 2. The molecule has 0 radical (unpaired) electrons. The van der Waals surface area contributed by atoms with E-state index in [4.69, 9.17) is 5.73 Å². The Kier molecular flexibility index (Phi) is 3.66. The van der Waals surface area contributed by atoms with Crippen LogP contribution < -0.4 is 11.1 Å². The van der Waals surface area contributed by atoms with E-state index in [1.807, 2.05) is 26.0 Å². The van der Waals surface area contributed by atoms with E-state index >= 15 is 0 Å². The lowest BCUT2D eigenvalue weighted by molar-refractivity contribution is 0.892. The van der Waals surface area contributed by atoms with Gasteiger partial charge in [0.15, 0.2) is 0 Å². The summed E-state index contributed by atoms with van der Waals surface area (Å²) in [6.07, 6.45) is 2.49. The van der Waals surface area contributed by atoms with Crippen molar-refractivity contribution in [3.05, 3.63) is 35.4 Å². The Morgan fingerprint density at radius 2 is 2.11 bits per heavy atom. The van der Waals surface area contributed by atoms with Gasteiger partial charge in [0.25, 0.3) is 0 Å². The second-order valence-electron chi connectivity index (χ2n) is 3.91. The van der Waals surface area contributed by atoms with Crippen molar-refractivity contribution in [1.82, 2.24) is 19.9 Å². The average Bonchev–Trinajstić information content (AvgIpc) is 2.37. The topological polar surface area (TPSA) is 89.6 Å². The molecule has 0 bridgehead atoms. The van der Waals surface area contributed by atoms with Gasteiger partial charge in [0.1, 0.15) is 5.82 Å². The van der Waals surface area contributed by atoms with Crippen molar-refractivity contribution in [2.24, 2.45) is 0 Å². The van der Waals surface area contributed by atoms with Gasteiger partial charge in [-0.15, -0.1) is 0 Å². The van der Waals surface area contributed by atoms with Crippen LogP contribution in [0, 0.1) is 6.92 Å². The van der Waals surface area contributed by atoms with Gasteiger partial charge in [0, 0.05) is 12.6 Å². The Morgan fingerprint density at radius 1 is 1.28 bits per heavy atom. The summed E-state index contributed by atoms with van der Waals surface area (Å²) < 4.78 is 0. The third-order valence-corrected chi connectivity index (χ3v) is 2.55. The Balaban J connectivity index is 2.11. The van der Waals surface area contributed by atoms with E-state index in [9.17, 15) is 0 Å². The van der Waals surface area contributed by atoms with E-state index in [-0.39, 0.29) is 5.95 Å². The number of rotatable bonds is 4. The number of hydrogen-bond acceptors (Lipinski definition) is 6. The average molecular weight is 244 g/mol. The Bertz CT molecular complexity index is 540. The van der Waals surface area contributed by atoms with Crippen LogP contribution in [0.2, 0.25) is 0 Å². The molecule has 0 saturated heterocycles. The summed E-state index contributed by atoms with van der Waals surface area (Å²) in [5, 5.41) is 3.11. The van der Waals surface area contributed by atoms with Gasteiger partial charge in [-0.05, 0) is 18.6 Å². The maximum absolute atomic E-state index is 5.62. The van der Waals surface area contributed by atoms with E-state index < -0.39 is 0 Å². The molecule has 0 aliphatic carbocycles. The predicted octanol–water partition coefficient (Wildman–Crippen LogP) is 1.33. The molecule has 3 N–H and O–H groups in total. The molecule has 0 aromatic carbocycles. The first-order valence-corrected chi connectivity index (χ1v) is 5.84. The molecule has 6 nitrogen and oxygen atoms in total. The molecule has 94 valence electrons. The summed E-state index contributed by atoms with van der Waals surface area (Å²) >= 11 is 0. The number of aromatic nitrogens is 4. The standard InChI is InChI=1S/C12H16N6/c1-3-10-16-11(13)18-12(17-10)15-7-9-8(2)5-4-6-14-9/h4-6H,3,7H2,1-2H3,(H3,13,15,16,17,18). The highest BCUT2D eigenvalue weighted by atomic mass is 15.2. The molecule has 2 aromatic rings. The molecule has 0 aliphatic heterocycles. The monoisotopic (exact) mass is 244 g/mol. The summed E-state index contributed by atoms with van der Waals surface area (Å²) in [7, 11) is 0. The zero-order chi connectivity index (χ0) is 13.0. The number of anilines is 2. The molecular weight excluding hydrogens is 228 g/mol. The van der Waals surface area contributed by atoms with Crippen LogP contribution in [0.5, 0.6) is 0 Å². The van der Waals surface area contributed by atoms with Crippen molar-refractivity contribution in [2.45, 2.75) is 26.8 Å². The largest absolute Gasteiger partial charge is 0.368 e. The summed E-state index contributed by atoms with van der Waals surface area (Å²) in [4.78, 5) is 16.6. The number of nitrogens with zero attached hydrogens (tertiary/aromatic N) is 4. The van der Waals surface area contributed by atoms with Gasteiger partial charge < -0.3 is 11.1 Å². The first kappa shape index (κ1) is 12.2. The van der Waals surface area contributed by atoms with E-state index in [1.54, 1.807) is 6.20 Å². The third-order valence-electron chi connectivity index (χ3n) is 2.55. The van der Waals surface area contributed by atoms with E-state index in [0.29, 0.717) is 18.3 Å². The molecule has 0 fully saturated rings. The lowest BCUT2D eigenvalue weighted by atomic mass is 10.2. The minimum atomic E-state index is 0.238. The van der Waals surface area contributed by atoms with E-state index in [1.165, 1.54) is 0 Å². The zero-order valence-corrected chi connectivity index (χ0v) is 10.5. The lowest BCUT2D eigenvalue weighted by Gasteiger charge is -2.07. The fraction of sp³-hybridized carbons (Fsp3) is 0.333. The molecule has 0 amide bonds. The van der Waals surface area contributed by atoms with Gasteiger partial charge in [-0.1, -0.05) is 13.0 Å². The summed E-state index contributed by atoms with van der Waals surface area (Å²) in [5.74, 6) is 1.41. The zero-order valence-electron chi connectivity index (χ0n) is 10.5. The van der Waals surface area contributed by atoms with Crippen LogP contribution in [0.4, 0.5) is 11.9 Å². The highest BCUT2D eigenvalue weighted by Gasteiger charge is 2.04. The molecular formula is C12H16N6. The predicted molar refractivity (Wildman–Crippen MR) is 69.9 cm³/mol. The maximum atomic E-state index is 5.62. The fourth-order valence-electron chi connectivity index (χ4n) is 1.54. The number of nitrogens with one attached hydrogen (secondary N) is 1. The van der Waals surface area contributed by atoms with Crippen LogP contribution in [0.3, 0.4) is 0 Å². The summed E-state index contributed by atoms with van der Waals surface area (Å²) in [6.45, 7) is 4.56. The molecule has 0 saturated carbocycles. The second-order valence-corrected chi connectivity index (χ2v) is 3.91. The second kappa shape index (κ2) is 5.39. The van der Waals surface area contributed by atoms with Crippen LogP contribution >= 0.6 is 0 Å². The van der Waals surface area contributed by atoms with Gasteiger partial charge >= 0.3 is 0 Å². The minimum absolute atomic E-state index is 0.238. The van der Waals surface area contributed by atoms with Gasteiger partial charge in [0.2, 0.25) is 11.9 Å². The van der Waals surface area contributed by atoms with Crippen molar-refractivity contribution in [3.8, 4) is 0 Å². The first-order chi connectivity index (χ1) is 8.69. The highest BCUT2D eigenvalue weighted by molar-refractivity contribution is 5.32. The van der Waals surface area contributed by atoms with Crippen molar-refractivity contribution in [1.29, 1.82) is 0 Å². The Hall–Kier alpha value is -2.24. The smallest absolute Gasteiger partial charge is 0.228 e. The molecule has 0 aliphatic rings.